The zero-order chi connectivity index (χ0) is 19.8. The Morgan fingerprint density at radius 1 is 1.07 bits per heavy atom. The van der Waals surface area contributed by atoms with E-state index in [1.807, 2.05) is 12.1 Å². The maximum absolute atomic E-state index is 12.6. The van der Waals surface area contributed by atoms with E-state index in [1.54, 1.807) is 10.9 Å². The largest absolute Gasteiger partial charge is 0.301 e. The van der Waals surface area contributed by atoms with E-state index in [0.717, 1.165) is 17.0 Å². The molecule has 0 amide bonds. The van der Waals surface area contributed by atoms with Crippen LogP contribution in [0.2, 0.25) is 0 Å². The number of H-pyrrole nitrogens is 1. The van der Waals surface area contributed by atoms with E-state index in [1.165, 1.54) is 34.0 Å². The number of hydrogen-bond donors (Lipinski definition) is 1. The highest BCUT2D eigenvalue weighted by molar-refractivity contribution is 7.98. The van der Waals surface area contributed by atoms with Crippen molar-refractivity contribution < 1.29 is 0 Å². The van der Waals surface area contributed by atoms with Crippen LogP contribution in [-0.2, 0) is 5.75 Å². The lowest BCUT2D eigenvalue weighted by molar-refractivity contribution is 0.865. The molecule has 0 unspecified atom stereocenters. The average Bonchev–Trinajstić information content (AvgIpc) is 3.09. The number of aromatic amines is 1. The predicted molar refractivity (Wildman–Crippen MR) is 114 cm³/mol. The molecule has 1 N–H and O–H groups in total. The smallest absolute Gasteiger partial charge is 0.262 e. The molecule has 0 aliphatic carbocycles. The first-order valence-electron chi connectivity index (χ1n) is 9.17. The summed E-state index contributed by atoms with van der Waals surface area (Å²) in [7, 11) is 0. The third kappa shape index (κ3) is 3.36. The molecule has 0 spiro atoms. The molecule has 2 aromatic heterocycles. The van der Waals surface area contributed by atoms with Gasteiger partial charge in [0.05, 0.1) is 11.9 Å². The maximum atomic E-state index is 12.6. The van der Waals surface area contributed by atoms with E-state index >= 15 is 0 Å². The molecule has 0 bridgehead atoms. The van der Waals surface area contributed by atoms with Crippen LogP contribution in [0.5, 0.6) is 0 Å². The molecule has 28 heavy (non-hydrogen) atoms. The van der Waals surface area contributed by atoms with Gasteiger partial charge in [0.1, 0.15) is 5.39 Å². The van der Waals surface area contributed by atoms with Crippen LogP contribution in [0.4, 0.5) is 0 Å². The van der Waals surface area contributed by atoms with Crippen molar-refractivity contribution in [3.63, 3.8) is 0 Å². The molecule has 4 aromatic rings. The molecule has 0 radical (unpaired) electrons. The van der Waals surface area contributed by atoms with Crippen molar-refractivity contribution >= 4 is 22.8 Å². The van der Waals surface area contributed by atoms with E-state index in [2.05, 4.69) is 62.0 Å². The number of aryl methyl sites for hydroxylation is 3. The number of hydrogen-bond acceptors (Lipinski definition) is 4. The molecule has 0 saturated carbocycles. The number of rotatable bonds is 4. The van der Waals surface area contributed by atoms with Gasteiger partial charge in [-0.05, 0) is 56.0 Å². The zero-order valence-corrected chi connectivity index (χ0v) is 17.2. The van der Waals surface area contributed by atoms with Gasteiger partial charge in [0.15, 0.2) is 10.8 Å². The number of benzene rings is 2. The summed E-state index contributed by atoms with van der Waals surface area (Å²) in [6.07, 6.45) is 1.59. The minimum atomic E-state index is -0.162. The van der Waals surface area contributed by atoms with Gasteiger partial charge in [-0.1, -0.05) is 47.7 Å². The number of nitrogens with one attached hydrogen (secondary N) is 1. The summed E-state index contributed by atoms with van der Waals surface area (Å²) in [6.45, 7) is 8.31. The topological polar surface area (TPSA) is 63.6 Å². The second-order valence-corrected chi connectivity index (χ2v) is 8.07. The Hall–Kier alpha value is -2.86. The van der Waals surface area contributed by atoms with E-state index in [4.69, 9.17) is 4.98 Å². The Bertz CT molecular complexity index is 1240. The van der Waals surface area contributed by atoms with Gasteiger partial charge in [-0.25, -0.2) is 9.67 Å². The molecular weight excluding hydrogens is 368 g/mol. The summed E-state index contributed by atoms with van der Waals surface area (Å²) in [5.41, 5.74) is 7.38. The molecular formula is C22H22N4OS. The van der Waals surface area contributed by atoms with Crippen molar-refractivity contribution in [1.29, 1.82) is 0 Å². The van der Waals surface area contributed by atoms with Gasteiger partial charge < -0.3 is 4.98 Å². The number of aromatic nitrogens is 4. The van der Waals surface area contributed by atoms with Crippen molar-refractivity contribution in [1.82, 2.24) is 19.7 Å². The molecule has 0 fully saturated rings. The average molecular weight is 391 g/mol. The third-order valence-corrected chi connectivity index (χ3v) is 6.01. The summed E-state index contributed by atoms with van der Waals surface area (Å²) < 4.78 is 1.76. The minimum absolute atomic E-state index is 0.162. The lowest BCUT2D eigenvalue weighted by atomic mass is 10.1. The normalized spacial score (nSPS) is 11.3. The SMILES string of the molecule is Cc1ccc(C)c(CSc2nc3c(cnn3-c3cccc(C)c3C)c(=O)[nH]2)c1. The molecule has 0 atom stereocenters. The van der Waals surface area contributed by atoms with Crippen LogP contribution in [0.1, 0.15) is 27.8 Å². The Morgan fingerprint density at radius 2 is 1.89 bits per heavy atom. The van der Waals surface area contributed by atoms with Gasteiger partial charge >= 0.3 is 0 Å². The zero-order valence-electron chi connectivity index (χ0n) is 16.4. The van der Waals surface area contributed by atoms with E-state index in [0.29, 0.717) is 16.2 Å². The van der Waals surface area contributed by atoms with Crippen LogP contribution in [0.25, 0.3) is 16.7 Å². The summed E-state index contributed by atoms with van der Waals surface area (Å²) >= 11 is 1.53. The Labute approximate surface area is 167 Å². The fourth-order valence-electron chi connectivity index (χ4n) is 3.21. The molecule has 142 valence electrons. The fourth-order valence-corrected chi connectivity index (χ4v) is 4.13. The Balaban J connectivity index is 1.74. The van der Waals surface area contributed by atoms with E-state index in [9.17, 15) is 4.79 Å². The van der Waals surface area contributed by atoms with E-state index < -0.39 is 0 Å². The lowest BCUT2D eigenvalue weighted by Crippen LogP contribution is -2.10. The Morgan fingerprint density at radius 3 is 2.71 bits per heavy atom. The van der Waals surface area contributed by atoms with Crippen molar-refractivity contribution in [2.24, 2.45) is 0 Å². The van der Waals surface area contributed by atoms with Crippen LogP contribution in [0, 0.1) is 27.7 Å². The van der Waals surface area contributed by atoms with Gasteiger partial charge in [0, 0.05) is 5.75 Å². The third-order valence-electron chi connectivity index (χ3n) is 5.09. The van der Waals surface area contributed by atoms with Gasteiger partial charge in [-0.3, -0.25) is 4.79 Å². The minimum Gasteiger partial charge on any atom is -0.301 e. The second-order valence-electron chi connectivity index (χ2n) is 7.10. The molecule has 2 aromatic carbocycles. The number of fused-ring (bicyclic) bond motifs is 1. The monoisotopic (exact) mass is 390 g/mol. The van der Waals surface area contributed by atoms with Gasteiger partial charge in [-0.2, -0.15) is 5.10 Å². The molecule has 2 heterocycles. The summed E-state index contributed by atoms with van der Waals surface area (Å²) in [5, 5.41) is 5.54. The van der Waals surface area contributed by atoms with Crippen molar-refractivity contribution in [2.45, 2.75) is 38.6 Å². The summed E-state index contributed by atoms with van der Waals surface area (Å²) in [5.74, 6) is 0.750. The Kier molecular flexibility index (Phi) is 4.81. The first kappa shape index (κ1) is 18.5. The van der Waals surface area contributed by atoms with Gasteiger partial charge in [-0.15, -0.1) is 0 Å². The van der Waals surface area contributed by atoms with Gasteiger partial charge in [0.25, 0.3) is 5.56 Å². The highest BCUT2D eigenvalue weighted by Gasteiger charge is 2.14. The standard InChI is InChI=1S/C22H22N4OS/c1-13-8-9-15(3)17(10-13)12-28-22-24-20-18(21(27)25-22)11-23-26(20)19-7-5-6-14(2)16(19)4/h5-11H,12H2,1-4H3,(H,24,25,27). The molecule has 5 nitrogen and oxygen atoms in total. The van der Waals surface area contributed by atoms with Crippen LogP contribution in [0.15, 0.2) is 52.5 Å². The number of nitrogens with zero attached hydrogens (tertiary/aromatic N) is 3. The van der Waals surface area contributed by atoms with E-state index in [-0.39, 0.29) is 5.56 Å². The molecule has 6 heteroatoms. The van der Waals surface area contributed by atoms with Crippen LogP contribution in [0.3, 0.4) is 0 Å². The number of thioether (sulfide) groups is 1. The predicted octanol–water partition coefficient (Wildman–Crippen LogP) is 4.63. The highest BCUT2D eigenvalue weighted by atomic mass is 32.2. The molecule has 0 aliphatic heterocycles. The molecule has 4 rings (SSSR count). The fraction of sp³-hybridized carbons (Fsp3) is 0.227. The van der Waals surface area contributed by atoms with Crippen molar-refractivity contribution in [3.05, 3.63) is 80.8 Å². The molecule has 0 aliphatic rings. The van der Waals surface area contributed by atoms with Crippen molar-refractivity contribution in [2.75, 3.05) is 0 Å². The first-order valence-corrected chi connectivity index (χ1v) is 10.2. The van der Waals surface area contributed by atoms with Crippen LogP contribution in [-0.4, -0.2) is 19.7 Å². The first-order chi connectivity index (χ1) is 13.4. The maximum Gasteiger partial charge on any atom is 0.262 e. The summed E-state index contributed by atoms with van der Waals surface area (Å²) in [4.78, 5) is 20.2. The summed E-state index contributed by atoms with van der Waals surface area (Å²) in [6, 6.07) is 12.5. The second kappa shape index (κ2) is 7.28. The molecule has 0 saturated heterocycles. The highest BCUT2D eigenvalue weighted by Crippen LogP contribution is 2.24. The van der Waals surface area contributed by atoms with Gasteiger partial charge in [0.2, 0.25) is 0 Å². The quantitative estimate of drug-likeness (QED) is 0.407. The van der Waals surface area contributed by atoms with Crippen molar-refractivity contribution in [3.8, 4) is 5.69 Å². The van der Waals surface area contributed by atoms with Crippen LogP contribution < -0.4 is 5.56 Å². The van der Waals surface area contributed by atoms with Crippen LogP contribution >= 0.6 is 11.8 Å². The lowest BCUT2D eigenvalue weighted by Gasteiger charge is -2.10.